The van der Waals surface area contributed by atoms with E-state index in [1.54, 1.807) is 7.11 Å². The van der Waals surface area contributed by atoms with Crippen molar-refractivity contribution in [3.8, 4) is 5.75 Å². The summed E-state index contributed by atoms with van der Waals surface area (Å²) in [4.78, 5) is 23.0. The summed E-state index contributed by atoms with van der Waals surface area (Å²) in [5.41, 5.74) is 2.15. The molecule has 1 aromatic rings. The Morgan fingerprint density at radius 1 is 1.23 bits per heavy atom. The third-order valence-electron chi connectivity index (χ3n) is 6.41. The van der Waals surface area contributed by atoms with Gasteiger partial charge in [-0.3, -0.25) is 9.59 Å². The summed E-state index contributed by atoms with van der Waals surface area (Å²) in [5.74, 6) is 0.401. The minimum atomic E-state index is -0.822. The molecule has 3 rings (SSSR count). The fraction of sp³-hybridized carbons (Fsp3) is 0.619. The lowest BCUT2D eigenvalue weighted by molar-refractivity contribution is -0.158. The van der Waals surface area contributed by atoms with Crippen molar-refractivity contribution in [2.24, 2.45) is 17.3 Å². The van der Waals surface area contributed by atoms with E-state index < -0.39 is 11.4 Å². The molecule has 2 aliphatic rings. The Morgan fingerprint density at radius 2 is 2.00 bits per heavy atom. The Labute approximate surface area is 154 Å². The van der Waals surface area contributed by atoms with Crippen LogP contribution in [0.4, 0.5) is 0 Å². The van der Waals surface area contributed by atoms with E-state index in [4.69, 9.17) is 9.47 Å². The van der Waals surface area contributed by atoms with Crippen LogP contribution in [0.1, 0.15) is 50.7 Å². The Balaban J connectivity index is 1.82. The lowest BCUT2D eigenvalue weighted by atomic mass is 9.65. The van der Waals surface area contributed by atoms with E-state index in [9.17, 15) is 14.7 Å². The van der Waals surface area contributed by atoms with Crippen LogP contribution in [-0.4, -0.2) is 30.3 Å². The number of aliphatic carboxylic acids is 1. The first-order valence-corrected chi connectivity index (χ1v) is 9.38. The monoisotopic (exact) mass is 360 g/mol. The molecule has 1 saturated carbocycles. The van der Waals surface area contributed by atoms with Gasteiger partial charge in [-0.05, 0) is 67.2 Å². The molecule has 1 aromatic carbocycles. The SMILES string of the molecule is COc1ccc2c(c1)CCC([C@@H]1CC[C@H](OC(C)=O)[C@@]1(C)CC(=O)O)C2. The van der Waals surface area contributed by atoms with Crippen molar-refractivity contribution in [2.45, 2.75) is 58.5 Å². The number of esters is 1. The van der Waals surface area contributed by atoms with Crippen LogP contribution in [-0.2, 0) is 27.2 Å². The number of methoxy groups -OCH3 is 1. The maximum Gasteiger partial charge on any atom is 0.304 e. The van der Waals surface area contributed by atoms with Crippen molar-refractivity contribution >= 4 is 11.9 Å². The van der Waals surface area contributed by atoms with Gasteiger partial charge in [-0.1, -0.05) is 13.0 Å². The topological polar surface area (TPSA) is 72.8 Å². The van der Waals surface area contributed by atoms with E-state index in [-0.39, 0.29) is 24.4 Å². The smallest absolute Gasteiger partial charge is 0.304 e. The summed E-state index contributed by atoms with van der Waals surface area (Å²) in [6, 6.07) is 6.24. The molecule has 5 heteroatoms. The van der Waals surface area contributed by atoms with Gasteiger partial charge in [0.2, 0.25) is 0 Å². The van der Waals surface area contributed by atoms with Gasteiger partial charge >= 0.3 is 11.9 Å². The normalized spacial score (nSPS) is 30.5. The molecule has 0 amide bonds. The first-order valence-electron chi connectivity index (χ1n) is 9.38. The molecule has 0 radical (unpaired) electrons. The molecular weight excluding hydrogens is 332 g/mol. The number of hydrogen-bond donors (Lipinski definition) is 1. The number of carbonyl (C=O) groups excluding carboxylic acids is 1. The van der Waals surface area contributed by atoms with Crippen LogP contribution in [0.2, 0.25) is 0 Å². The molecule has 0 saturated heterocycles. The maximum atomic E-state index is 11.5. The number of benzene rings is 1. The van der Waals surface area contributed by atoms with E-state index in [2.05, 4.69) is 12.1 Å². The highest BCUT2D eigenvalue weighted by atomic mass is 16.5. The number of aryl methyl sites for hydroxylation is 1. The molecule has 0 spiro atoms. The molecule has 0 aromatic heterocycles. The number of rotatable bonds is 5. The van der Waals surface area contributed by atoms with Crippen molar-refractivity contribution in [3.63, 3.8) is 0 Å². The van der Waals surface area contributed by atoms with Gasteiger partial charge in [0.25, 0.3) is 0 Å². The molecule has 1 fully saturated rings. The second-order valence-electron chi connectivity index (χ2n) is 8.00. The van der Waals surface area contributed by atoms with Crippen LogP contribution in [0.3, 0.4) is 0 Å². The molecule has 0 aliphatic heterocycles. The van der Waals surface area contributed by atoms with Gasteiger partial charge in [-0.25, -0.2) is 0 Å². The first-order chi connectivity index (χ1) is 12.3. The summed E-state index contributed by atoms with van der Waals surface area (Å²) in [6.45, 7) is 3.40. The molecule has 1 N–H and O–H groups in total. The predicted molar refractivity (Wildman–Crippen MR) is 97.1 cm³/mol. The van der Waals surface area contributed by atoms with Crippen molar-refractivity contribution in [2.75, 3.05) is 7.11 Å². The van der Waals surface area contributed by atoms with Crippen LogP contribution in [0, 0.1) is 17.3 Å². The van der Waals surface area contributed by atoms with Crippen LogP contribution in [0.15, 0.2) is 18.2 Å². The summed E-state index contributed by atoms with van der Waals surface area (Å²) < 4.78 is 10.9. The minimum Gasteiger partial charge on any atom is -0.497 e. The van der Waals surface area contributed by atoms with E-state index in [1.165, 1.54) is 18.1 Å². The number of ether oxygens (including phenoxy) is 2. The summed E-state index contributed by atoms with van der Waals surface area (Å²) in [7, 11) is 1.68. The number of carboxylic acid groups (broad SMARTS) is 1. The molecule has 1 unspecified atom stereocenters. The zero-order valence-electron chi connectivity index (χ0n) is 15.8. The average Bonchev–Trinajstić information content (AvgIpc) is 2.88. The molecule has 26 heavy (non-hydrogen) atoms. The van der Waals surface area contributed by atoms with Crippen molar-refractivity contribution < 1.29 is 24.2 Å². The van der Waals surface area contributed by atoms with Gasteiger partial charge < -0.3 is 14.6 Å². The number of hydrogen-bond acceptors (Lipinski definition) is 4. The highest BCUT2D eigenvalue weighted by molar-refractivity contribution is 5.69. The van der Waals surface area contributed by atoms with Gasteiger partial charge in [-0.2, -0.15) is 0 Å². The van der Waals surface area contributed by atoms with Crippen molar-refractivity contribution in [1.82, 2.24) is 0 Å². The van der Waals surface area contributed by atoms with Gasteiger partial charge in [0.05, 0.1) is 13.5 Å². The van der Waals surface area contributed by atoms with Gasteiger partial charge in [0, 0.05) is 12.3 Å². The first kappa shape index (κ1) is 18.7. The zero-order chi connectivity index (χ0) is 18.9. The largest absolute Gasteiger partial charge is 0.497 e. The molecule has 4 atom stereocenters. The Kier molecular flexibility index (Phi) is 5.26. The predicted octanol–water partition coefficient (Wildman–Crippen LogP) is 3.62. The minimum absolute atomic E-state index is 0.0432. The summed E-state index contributed by atoms with van der Waals surface area (Å²) in [5, 5.41) is 9.47. The molecule has 0 bridgehead atoms. The number of carboxylic acids is 1. The molecule has 5 nitrogen and oxygen atoms in total. The highest BCUT2D eigenvalue weighted by Crippen LogP contribution is 2.53. The second kappa shape index (κ2) is 7.29. The molecule has 142 valence electrons. The van der Waals surface area contributed by atoms with Gasteiger partial charge in [0.15, 0.2) is 0 Å². The third kappa shape index (κ3) is 3.57. The van der Waals surface area contributed by atoms with Gasteiger partial charge in [0.1, 0.15) is 11.9 Å². The van der Waals surface area contributed by atoms with E-state index in [1.807, 2.05) is 13.0 Å². The Bertz CT molecular complexity index is 698. The lowest BCUT2D eigenvalue weighted by Gasteiger charge is -2.41. The average molecular weight is 360 g/mol. The van der Waals surface area contributed by atoms with E-state index in [0.717, 1.165) is 37.9 Å². The Morgan fingerprint density at radius 3 is 2.65 bits per heavy atom. The van der Waals surface area contributed by atoms with Gasteiger partial charge in [-0.15, -0.1) is 0 Å². The number of carbonyl (C=O) groups is 2. The van der Waals surface area contributed by atoms with Crippen LogP contribution < -0.4 is 4.74 Å². The quantitative estimate of drug-likeness (QED) is 0.812. The van der Waals surface area contributed by atoms with E-state index in [0.29, 0.717) is 5.92 Å². The summed E-state index contributed by atoms with van der Waals surface area (Å²) >= 11 is 0. The molecular formula is C21H28O5. The standard InChI is InChI=1S/C21H28O5/c1-13(22)26-19-9-8-18(21(19,2)12-20(23)24)16-5-4-15-11-17(25-3)7-6-14(15)10-16/h6-7,11,16,18-19H,4-5,8-10,12H2,1-3H3,(H,23,24)/t16?,18-,19-,21-/m0/s1. The summed E-state index contributed by atoms with van der Waals surface area (Å²) in [6.07, 6.45) is 4.37. The van der Waals surface area contributed by atoms with Crippen LogP contribution in [0.5, 0.6) is 5.75 Å². The fourth-order valence-electron chi connectivity index (χ4n) is 5.20. The van der Waals surface area contributed by atoms with Crippen LogP contribution in [0.25, 0.3) is 0 Å². The second-order valence-corrected chi connectivity index (χ2v) is 8.00. The highest BCUT2D eigenvalue weighted by Gasteiger charge is 2.52. The maximum absolute atomic E-state index is 11.5. The van der Waals surface area contributed by atoms with E-state index >= 15 is 0 Å². The van der Waals surface area contributed by atoms with Crippen molar-refractivity contribution in [1.29, 1.82) is 0 Å². The molecule has 0 heterocycles. The number of fused-ring (bicyclic) bond motifs is 1. The Hall–Kier alpha value is -2.04. The fourth-order valence-corrected chi connectivity index (χ4v) is 5.20. The van der Waals surface area contributed by atoms with Crippen molar-refractivity contribution in [3.05, 3.63) is 29.3 Å². The lowest BCUT2D eigenvalue weighted by Crippen LogP contribution is -2.41. The molecule has 2 aliphatic carbocycles. The third-order valence-corrected chi connectivity index (χ3v) is 6.41. The van der Waals surface area contributed by atoms with Crippen LogP contribution >= 0.6 is 0 Å². The zero-order valence-corrected chi connectivity index (χ0v) is 15.8.